The van der Waals surface area contributed by atoms with Gasteiger partial charge in [-0.25, -0.2) is 0 Å². The number of benzene rings is 1. The molecule has 0 N–H and O–H groups in total. The Morgan fingerprint density at radius 3 is 2.47 bits per heavy atom. The fourth-order valence-corrected chi connectivity index (χ4v) is 4.81. The van der Waals surface area contributed by atoms with Gasteiger partial charge < -0.3 is 14.0 Å². The Balaban J connectivity index is 1.64. The molecule has 0 saturated heterocycles. The molecule has 0 unspecified atom stereocenters. The fourth-order valence-electron chi connectivity index (χ4n) is 3.96. The Morgan fingerprint density at radius 1 is 1.06 bits per heavy atom. The van der Waals surface area contributed by atoms with Crippen LogP contribution in [-0.2, 0) is 11.2 Å². The van der Waals surface area contributed by atoms with Crippen LogP contribution in [0.3, 0.4) is 0 Å². The average molecular weight is 458 g/mol. The Kier molecular flexibility index (Phi) is 6.74. The molecule has 3 aromatic rings. The second kappa shape index (κ2) is 9.52. The Labute approximate surface area is 193 Å². The largest absolute Gasteiger partial charge is 0.493 e. The van der Waals surface area contributed by atoms with E-state index in [1.165, 1.54) is 19.3 Å². The van der Waals surface area contributed by atoms with Crippen molar-refractivity contribution in [3.63, 3.8) is 0 Å². The third-order valence-corrected chi connectivity index (χ3v) is 6.63. The molecule has 1 saturated carbocycles. The van der Waals surface area contributed by atoms with Gasteiger partial charge in [0.15, 0.2) is 28.3 Å². The first-order chi connectivity index (χ1) is 15.4. The topological polar surface area (TPSA) is 88.1 Å². The van der Waals surface area contributed by atoms with Gasteiger partial charge in [0.1, 0.15) is 0 Å². The second-order valence-electron chi connectivity index (χ2n) is 9.09. The summed E-state index contributed by atoms with van der Waals surface area (Å²) < 4.78 is 18.6. The van der Waals surface area contributed by atoms with Crippen LogP contribution in [0.2, 0.25) is 0 Å². The molecule has 0 bridgehead atoms. The molecule has 4 rings (SSSR count). The molecule has 0 radical (unpaired) electrons. The van der Waals surface area contributed by atoms with E-state index in [9.17, 15) is 0 Å². The molecule has 0 spiro atoms. The standard InChI is InChI=1S/C23H31N5O3S/c1-23(2,3)21-24-19(27-31-21)14-32-22-26-25-20(28(22)16-9-7-6-8-10-16)15-11-12-17(29-4)18(13-15)30-5/h11-13,16H,6-10,14H2,1-5H3. The lowest BCUT2D eigenvalue weighted by atomic mass is 9.95. The highest BCUT2D eigenvalue weighted by molar-refractivity contribution is 7.98. The van der Waals surface area contributed by atoms with Crippen molar-refractivity contribution < 1.29 is 14.0 Å². The zero-order valence-electron chi connectivity index (χ0n) is 19.4. The summed E-state index contributed by atoms with van der Waals surface area (Å²) in [5, 5.41) is 14.2. The molecule has 2 heterocycles. The van der Waals surface area contributed by atoms with Crippen molar-refractivity contribution in [2.45, 2.75) is 75.2 Å². The van der Waals surface area contributed by atoms with E-state index in [1.807, 2.05) is 18.2 Å². The van der Waals surface area contributed by atoms with Crippen LogP contribution in [0.4, 0.5) is 0 Å². The van der Waals surface area contributed by atoms with Crippen LogP contribution >= 0.6 is 11.8 Å². The summed E-state index contributed by atoms with van der Waals surface area (Å²) in [5.41, 5.74) is 0.792. The summed E-state index contributed by atoms with van der Waals surface area (Å²) in [7, 11) is 3.28. The Morgan fingerprint density at radius 2 is 1.81 bits per heavy atom. The zero-order valence-corrected chi connectivity index (χ0v) is 20.2. The first kappa shape index (κ1) is 22.6. The second-order valence-corrected chi connectivity index (χ2v) is 10.0. The van der Waals surface area contributed by atoms with E-state index >= 15 is 0 Å². The molecular formula is C23H31N5O3S. The quantitative estimate of drug-likeness (QED) is 0.433. The van der Waals surface area contributed by atoms with Gasteiger partial charge in [0, 0.05) is 17.0 Å². The number of ether oxygens (including phenoxy) is 2. The Hall–Kier alpha value is -2.55. The number of rotatable bonds is 7. The van der Waals surface area contributed by atoms with E-state index in [1.54, 1.807) is 26.0 Å². The maximum Gasteiger partial charge on any atom is 0.232 e. The highest BCUT2D eigenvalue weighted by Crippen LogP contribution is 2.38. The van der Waals surface area contributed by atoms with Gasteiger partial charge >= 0.3 is 0 Å². The van der Waals surface area contributed by atoms with E-state index in [0.29, 0.717) is 35.0 Å². The molecule has 172 valence electrons. The van der Waals surface area contributed by atoms with Crippen LogP contribution in [0.25, 0.3) is 11.4 Å². The lowest BCUT2D eigenvalue weighted by Crippen LogP contribution is -2.15. The van der Waals surface area contributed by atoms with Crippen LogP contribution in [0.5, 0.6) is 11.5 Å². The first-order valence-electron chi connectivity index (χ1n) is 11.0. The molecule has 1 fully saturated rings. The summed E-state index contributed by atoms with van der Waals surface area (Å²) in [5.74, 6) is 4.12. The minimum Gasteiger partial charge on any atom is -0.493 e. The zero-order chi connectivity index (χ0) is 22.7. The van der Waals surface area contributed by atoms with Crippen molar-refractivity contribution in [3.8, 4) is 22.9 Å². The van der Waals surface area contributed by atoms with E-state index in [-0.39, 0.29) is 5.41 Å². The summed E-state index contributed by atoms with van der Waals surface area (Å²) >= 11 is 1.60. The normalized spacial score (nSPS) is 15.2. The summed E-state index contributed by atoms with van der Waals surface area (Å²) in [6, 6.07) is 6.26. The van der Waals surface area contributed by atoms with Crippen molar-refractivity contribution >= 4 is 11.8 Å². The van der Waals surface area contributed by atoms with Crippen LogP contribution in [-0.4, -0.2) is 39.1 Å². The van der Waals surface area contributed by atoms with Gasteiger partial charge in [-0.2, -0.15) is 4.98 Å². The first-order valence-corrected chi connectivity index (χ1v) is 12.0. The molecule has 0 amide bonds. The van der Waals surface area contributed by atoms with Crippen molar-refractivity contribution in [3.05, 3.63) is 29.9 Å². The van der Waals surface area contributed by atoms with Gasteiger partial charge in [-0.05, 0) is 31.0 Å². The van der Waals surface area contributed by atoms with E-state index in [2.05, 4.69) is 45.7 Å². The van der Waals surface area contributed by atoms with E-state index in [4.69, 9.17) is 14.0 Å². The maximum absolute atomic E-state index is 5.51. The van der Waals surface area contributed by atoms with Crippen molar-refractivity contribution in [1.29, 1.82) is 0 Å². The molecule has 1 aliphatic rings. The number of aromatic nitrogens is 5. The van der Waals surface area contributed by atoms with Gasteiger partial charge in [-0.15, -0.1) is 10.2 Å². The third kappa shape index (κ3) is 4.77. The van der Waals surface area contributed by atoms with Crippen LogP contribution in [0.1, 0.15) is 70.6 Å². The molecular weight excluding hydrogens is 426 g/mol. The van der Waals surface area contributed by atoms with Gasteiger partial charge in [0.05, 0.1) is 20.0 Å². The number of thioether (sulfide) groups is 1. The molecule has 0 atom stereocenters. The number of nitrogens with zero attached hydrogens (tertiary/aromatic N) is 5. The third-order valence-electron chi connectivity index (χ3n) is 5.69. The summed E-state index contributed by atoms with van der Waals surface area (Å²) in [6.45, 7) is 6.19. The summed E-state index contributed by atoms with van der Waals surface area (Å²) in [4.78, 5) is 4.56. The SMILES string of the molecule is COc1ccc(-c2nnc(SCc3noc(C(C)(C)C)n3)n2C2CCCCC2)cc1OC. The van der Waals surface area contributed by atoms with Crippen molar-refractivity contribution in [2.75, 3.05) is 14.2 Å². The lowest BCUT2D eigenvalue weighted by molar-refractivity contribution is 0.319. The Bertz CT molecular complexity index is 1050. The predicted molar refractivity (Wildman–Crippen MR) is 123 cm³/mol. The van der Waals surface area contributed by atoms with Crippen LogP contribution in [0.15, 0.2) is 27.9 Å². The average Bonchev–Trinajstić information content (AvgIpc) is 3.45. The van der Waals surface area contributed by atoms with Gasteiger partial charge in [-0.3, -0.25) is 4.57 Å². The monoisotopic (exact) mass is 457 g/mol. The predicted octanol–water partition coefficient (Wildman–Crippen LogP) is 5.44. The minimum absolute atomic E-state index is 0.168. The van der Waals surface area contributed by atoms with Gasteiger partial charge in [0.25, 0.3) is 0 Å². The van der Waals surface area contributed by atoms with Crippen LogP contribution < -0.4 is 9.47 Å². The number of methoxy groups -OCH3 is 2. The molecule has 2 aromatic heterocycles. The molecule has 0 aliphatic heterocycles. The molecule has 1 aliphatic carbocycles. The minimum atomic E-state index is -0.168. The molecule has 8 nitrogen and oxygen atoms in total. The van der Waals surface area contributed by atoms with Gasteiger partial charge in [0.2, 0.25) is 5.89 Å². The van der Waals surface area contributed by atoms with Crippen molar-refractivity contribution in [2.24, 2.45) is 0 Å². The van der Waals surface area contributed by atoms with Crippen molar-refractivity contribution in [1.82, 2.24) is 24.9 Å². The number of hydrogen-bond donors (Lipinski definition) is 0. The number of hydrogen-bond acceptors (Lipinski definition) is 8. The van der Waals surface area contributed by atoms with E-state index < -0.39 is 0 Å². The summed E-state index contributed by atoms with van der Waals surface area (Å²) in [6.07, 6.45) is 5.98. The molecule has 9 heteroatoms. The highest BCUT2D eigenvalue weighted by atomic mass is 32.2. The van der Waals surface area contributed by atoms with Gasteiger partial charge in [-0.1, -0.05) is 57.0 Å². The highest BCUT2D eigenvalue weighted by Gasteiger charge is 2.26. The smallest absolute Gasteiger partial charge is 0.232 e. The lowest BCUT2D eigenvalue weighted by Gasteiger charge is -2.25. The van der Waals surface area contributed by atoms with E-state index in [0.717, 1.165) is 29.4 Å². The fraction of sp³-hybridized carbons (Fsp3) is 0.565. The maximum atomic E-state index is 5.51. The van der Waals surface area contributed by atoms with Crippen LogP contribution in [0, 0.1) is 0 Å². The molecule has 1 aromatic carbocycles. The molecule has 32 heavy (non-hydrogen) atoms.